The predicted molar refractivity (Wildman–Crippen MR) is 32.0 cm³/mol. The van der Waals surface area contributed by atoms with Gasteiger partial charge in [-0.05, 0) is 6.42 Å². The van der Waals surface area contributed by atoms with E-state index in [0.29, 0.717) is 6.61 Å². The fourth-order valence-corrected chi connectivity index (χ4v) is 0.415. The van der Waals surface area contributed by atoms with Crippen LogP contribution in [0.4, 0.5) is 8.78 Å². The van der Waals surface area contributed by atoms with Crippen LogP contribution in [0.2, 0.25) is 0 Å². The van der Waals surface area contributed by atoms with Crippen molar-refractivity contribution >= 4 is 0 Å². The van der Waals surface area contributed by atoms with Gasteiger partial charge < -0.3 is 4.74 Å². The minimum Gasteiger partial charge on any atom is -0.373 e. The van der Waals surface area contributed by atoms with Gasteiger partial charge in [0.1, 0.15) is 19.5 Å². The lowest BCUT2D eigenvalue weighted by atomic mass is 10.4. The van der Waals surface area contributed by atoms with Gasteiger partial charge in [-0.2, -0.15) is 0 Å². The largest absolute Gasteiger partial charge is 0.373 e. The maximum absolute atomic E-state index is 11.6. The van der Waals surface area contributed by atoms with E-state index in [1.54, 1.807) is 0 Å². The molecule has 0 heterocycles. The summed E-state index contributed by atoms with van der Waals surface area (Å²) in [5.74, 6) is 0. The molecule has 0 atom stereocenters. The molecule has 0 rings (SSSR count). The van der Waals surface area contributed by atoms with E-state index in [-0.39, 0.29) is 0 Å². The normalized spacial score (nSPS) is 10.7. The molecule has 0 amide bonds. The molecule has 0 aromatic heterocycles. The third-order valence-corrected chi connectivity index (χ3v) is 0.902. The number of ether oxygens (including phenoxy) is 1. The van der Waals surface area contributed by atoms with Gasteiger partial charge in [0.15, 0.2) is 0 Å². The first kappa shape index (κ1) is 8.82. The predicted octanol–water partition coefficient (Wildman–Crippen LogP) is 1.72. The Bertz CT molecular complexity index is 55.0. The summed E-state index contributed by atoms with van der Waals surface area (Å²) in [6, 6.07) is 0. The Balaban J connectivity index is 3.09. The minimum atomic E-state index is -0.829. The van der Waals surface area contributed by atoms with Gasteiger partial charge in [-0.3, -0.25) is 0 Å². The highest BCUT2D eigenvalue weighted by molar-refractivity contribution is 4.51. The van der Waals surface area contributed by atoms with Crippen LogP contribution in [0.25, 0.3) is 0 Å². The van der Waals surface area contributed by atoms with Gasteiger partial charge in [-0.1, -0.05) is 6.92 Å². The van der Waals surface area contributed by atoms with Crippen LogP contribution in [0.1, 0.15) is 13.3 Å². The van der Waals surface area contributed by atoms with Crippen molar-refractivity contribution in [3.63, 3.8) is 0 Å². The van der Waals surface area contributed by atoms with Crippen LogP contribution in [0.3, 0.4) is 0 Å². The van der Waals surface area contributed by atoms with E-state index < -0.39 is 19.5 Å². The Labute approximate surface area is 54.0 Å². The van der Waals surface area contributed by atoms with Gasteiger partial charge in [-0.15, -0.1) is 0 Å². The smallest absolute Gasteiger partial charge is 0.118 e. The molecule has 0 fully saturated rings. The molecule has 0 aliphatic carbocycles. The Hall–Kier alpha value is -0.180. The molecule has 0 aliphatic rings. The van der Waals surface area contributed by atoms with E-state index in [9.17, 15) is 8.78 Å². The first-order valence-corrected chi connectivity index (χ1v) is 3.08. The molecule has 56 valence electrons. The average molecular weight is 138 g/mol. The molecule has 9 heavy (non-hydrogen) atoms. The monoisotopic (exact) mass is 138 g/mol. The fraction of sp³-hybridized carbons (Fsp3) is 1.00. The molecule has 0 aromatic carbocycles. The van der Waals surface area contributed by atoms with E-state index in [1.807, 2.05) is 6.92 Å². The summed E-state index contributed by atoms with van der Waals surface area (Å²) in [4.78, 5) is 0. The van der Waals surface area contributed by atoms with Crippen molar-refractivity contribution in [2.75, 3.05) is 20.0 Å². The summed E-state index contributed by atoms with van der Waals surface area (Å²) in [6.45, 7) is 0.888. The summed E-state index contributed by atoms with van der Waals surface area (Å²) < 4.78 is 28.0. The maximum atomic E-state index is 11.6. The van der Waals surface area contributed by atoms with Gasteiger partial charge in [-0.25, -0.2) is 8.78 Å². The van der Waals surface area contributed by atoms with Gasteiger partial charge >= 0.3 is 0 Å². The molecule has 1 nitrogen and oxygen atoms in total. The molecular formula is C6H12F2O. The SMILES string of the molecule is CCCOC(CF)CF. The van der Waals surface area contributed by atoms with Crippen LogP contribution >= 0.6 is 0 Å². The number of hydrogen-bond acceptors (Lipinski definition) is 1. The fourth-order valence-electron chi connectivity index (χ4n) is 0.415. The molecular weight excluding hydrogens is 126 g/mol. The van der Waals surface area contributed by atoms with Crippen molar-refractivity contribution in [1.29, 1.82) is 0 Å². The zero-order chi connectivity index (χ0) is 7.11. The Morgan fingerprint density at radius 1 is 1.33 bits per heavy atom. The molecule has 0 saturated heterocycles. The van der Waals surface area contributed by atoms with Crippen LogP contribution in [0.5, 0.6) is 0 Å². The quantitative estimate of drug-likeness (QED) is 0.562. The second kappa shape index (κ2) is 5.95. The average Bonchev–Trinajstić information content (AvgIpc) is 1.91. The Morgan fingerprint density at radius 2 is 1.89 bits per heavy atom. The molecule has 0 aromatic rings. The van der Waals surface area contributed by atoms with E-state index in [0.717, 1.165) is 6.42 Å². The van der Waals surface area contributed by atoms with Crippen LogP contribution in [0, 0.1) is 0 Å². The Morgan fingerprint density at radius 3 is 2.22 bits per heavy atom. The first-order chi connectivity index (χ1) is 4.35. The first-order valence-electron chi connectivity index (χ1n) is 3.08. The number of rotatable bonds is 5. The molecule has 0 N–H and O–H groups in total. The van der Waals surface area contributed by atoms with Crippen molar-refractivity contribution in [3.05, 3.63) is 0 Å². The topological polar surface area (TPSA) is 9.23 Å². The van der Waals surface area contributed by atoms with E-state index in [1.165, 1.54) is 0 Å². The second-order valence-electron chi connectivity index (χ2n) is 1.80. The molecule has 0 radical (unpaired) electrons. The third-order valence-electron chi connectivity index (χ3n) is 0.902. The lowest BCUT2D eigenvalue weighted by Crippen LogP contribution is -2.17. The zero-order valence-electron chi connectivity index (χ0n) is 5.57. The summed E-state index contributed by atoms with van der Waals surface area (Å²) >= 11 is 0. The molecule has 0 unspecified atom stereocenters. The molecule has 0 saturated carbocycles. The Kier molecular flexibility index (Phi) is 5.83. The van der Waals surface area contributed by atoms with E-state index >= 15 is 0 Å². The van der Waals surface area contributed by atoms with Crippen LogP contribution in [-0.4, -0.2) is 26.1 Å². The highest BCUT2D eigenvalue weighted by atomic mass is 19.1. The molecule has 3 heteroatoms. The molecule has 0 aliphatic heterocycles. The van der Waals surface area contributed by atoms with Crippen LogP contribution in [-0.2, 0) is 4.74 Å². The summed E-state index contributed by atoms with van der Waals surface area (Å²) in [6.07, 6.45) is -0.0267. The molecule has 0 spiro atoms. The van der Waals surface area contributed by atoms with Crippen LogP contribution in [0.15, 0.2) is 0 Å². The minimum absolute atomic E-state index is 0.443. The van der Waals surface area contributed by atoms with Gasteiger partial charge in [0, 0.05) is 6.61 Å². The number of halogens is 2. The van der Waals surface area contributed by atoms with Gasteiger partial charge in [0.05, 0.1) is 0 Å². The third kappa shape index (κ3) is 4.33. The van der Waals surface area contributed by atoms with Gasteiger partial charge in [0.2, 0.25) is 0 Å². The van der Waals surface area contributed by atoms with Crippen molar-refractivity contribution in [2.24, 2.45) is 0 Å². The summed E-state index contributed by atoms with van der Waals surface area (Å²) in [7, 11) is 0. The lowest BCUT2D eigenvalue weighted by molar-refractivity contribution is 0.0204. The van der Waals surface area contributed by atoms with Crippen molar-refractivity contribution < 1.29 is 13.5 Å². The van der Waals surface area contributed by atoms with Crippen molar-refractivity contribution in [3.8, 4) is 0 Å². The second-order valence-corrected chi connectivity index (χ2v) is 1.80. The summed E-state index contributed by atoms with van der Waals surface area (Å²) in [5.41, 5.74) is 0. The van der Waals surface area contributed by atoms with Crippen LogP contribution < -0.4 is 0 Å². The maximum Gasteiger partial charge on any atom is 0.118 e. The standard InChI is InChI=1S/C6H12F2O/c1-2-3-9-6(4-7)5-8/h6H,2-5H2,1H3. The number of alkyl halides is 2. The van der Waals surface area contributed by atoms with Crippen molar-refractivity contribution in [2.45, 2.75) is 19.4 Å². The highest BCUT2D eigenvalue weighted by Crippen LogP contribution is 1.94. The van der Waals surface area contributed by atoms with E-state index in [2.05, 4.69) is 0 Å². The zero-order valence-corrected chi connectivity index (χ0v) is 5.57. The summed E-state index contributed by atoms with van der Waals surface area (Å²) in [5, 5.41) is 0. The number of hydrogen-bond donors (Lipinski definition) is 0. The van der Waals surface area contributed by atoms with Gasteiger partial charge in [0.25, 0.3) is 0 Å². The molecule has 0 bridgehead atoms. The highest BCUT2D eigenvalue weighted by Gasteiger charge is 2.05. The van der Waals surface area contributed by atoms with E-state index in [4.69, 9.17) is 4.74 Å². The van der Waals surface area contributed by atoms with Crippen molar-refractivity contribution in [1.82, 2.24) is 0 Å². The lowest BCUT2D eigenvalue weighted by Gasteiger charge is -2.07.